The van der Waals surface area contributed by atoms with Gasteiger partial charge in [0, 0.05) is 0 Å². The molecule has 0 saturated heterocycles. The maximum Gasteiger partial charge on any atom is 0.312 e. The second-order valence-electron chi connectivity index (χ2n) is 4.06. The van der Waals surface area contributed by atoms with Crippen molar-refractivity contribution in [1.82, 2.24) is 5.32 Å². The fourth-order valence-corrected chi connectivity index (χ4v) is 1.43. The van der Waals surface area contributed by atoms with Gasteiger partial charge < -0.3 is 21.1 Å². The molecule has 0 fully saturated rings. The molecule has 6 nitrogen and oxygen atoms in total. The van der Waals surface area contributed by atoms with Crippen molar-refractivity contribution in [3.8, 4) is 5.75 Å². The zero-order valence-electron chi connectivity index (χ0n) is 11.1. The van der Waals surface area contributed by atoms with Crippen LogP contribution in [-0.2, 0) is 4.79 Å². The summed E-state index contributed by atoms with van der Waals surface area (Å²) in [7, 11) is 0. The molecule has 0 aliphatic heterocycles. The molecule has 0 heterocycles. The molecule has 0 aromatic heterocycles. The van der Waals surface area contributed by atoms with E-state index in [4.69, 9.17) is 10.5 Å². The summed E-state index contributed by atoms with van der Waals surface area (Å²) >= 11 is 0. The average Bonchev–Trinajstić information content (AvgIpc) is 2.36. The van der Waals surface area contributed by atoms with Crippen LogP contribution in [0.5, 0.6) is 5.75 Å². The van der Waals surface area contributed by atoms with Gasteiger partial charge in [-0.25, -0.2) is 4.79 Å². The number of para-hydroxylation sites is 2. The summed E-state index contributed by atoms with van der Waals surface area (Å²) in [6.07, 6.45) is 0.877. The van der Waals surface area contributed by atoms with Gasteiger partial charge in [-0.05, 0) is 25.5 Å². The van der Waals surface area contributed by atoms with E-state index in [0.29, 0.717) is 18.0 Å². The first-order valence-corrected chi connectivity index (χ1v) is 6.13. The van der Waals surface area contributed by atoms with Crippen molar-refractivity contribution in [2.24, 2.45) is 5.73 Å². The highest BCUT2D eigenvalue weighted by Crippen LogP contribution is 2.23. The van der Waals surface area contributed by atoms with Crippen molar-refractivity contribution in [1.29, 1.82) is 0 Å². The summed E-state index contributed by atoms with van der Waals surface area (Å²) in [5.74, 6) is 0.246. The fourth-order valence-electron chi connectivity index (χ4n) is 1.43. The van der Waals surface area contributed by atoms with Crippen molar-refractivity contribution in [3.63, 3.8) is 0 Å². The molecule has 19 heavy (non-hydrogen) atoms. The third kappa shape index (κ3) is 4.87. The van der Waals surface area contributed by atoms with Gasteiger partial charge in [-0.2, -0.15) is 0 Å². The molecule has 104 valence electrons. The predicted molar refractivity (Wildman–Crippen MR) is 73.0 cm³/mol. The van der Waals surface area contributed by atoms with E-state index in [-0.39, 0.29) is 5.91 Å². The van der Waals surface area contributed by atoms with Crippen molar-refractivity contribution in [3.05, 3.63) is 24.3 Å². The van der Waals surface area contributed by atoms with Crippen molar-refractivity contribution < 1.29 is 14.3 Å². The Labute approximate surface area is 112 Å². The van der Waals surface area contributed by atoms with Crippen LogP contribution in [0.3, 0.4) is 0 Å². The van der Waals surface area contributed by atoms with Crippen LogP contribution in [-0.4, -0.2) is 24.6 Å². The lowest BCUT2D eigenvalue weighted by Crippen LogP contribution is -2.44. The van der Waals surface area contributed by atoms with E-state index in [2.05, 4.69) is 10.6 Å². The minimum atomic E-state index is -0.738. The first kappa shape index (κ1) is 14.8. The van der Waals surface area contributed by atoms with Gasteiger partial charge in [0.2, 0.25) is 5.91 Å². The SMILES string of the molecule is CCCOc1ccccc1NC(=O)C(C)NC(N)=O. The van der Waals surface area contributed by atoms with E-state index in [1.165, 1.54) is 0 Å². The topological polar surface area (TPSA) is 93.4 Å². The van der Waals surface area contributed by atoms with Crippen molar-refractivity contribution in [2.45, 2.75) is 26.3 Å². The Kier molecular flexibility index (Phi) is 5.66. The van der Waals surface area contributed by atoms with E-state index in [1.54, 1.807) is 25.1 Å². The lowest BCUT2D eigenvalue weighted by atomic mass is 10.2. The molecule has 0 aliphatic rings. The Balaban J connectivity index is 2.70. The third-order valence-electron chi connectivity index (χ3n) is 2.36. The Morgan fingerprint density at radius 1 is 1.37 bits per heavy atom. The van der Waals surface area contributed by atoms with E-state index < -0.39 is 12.1 Å². The van der Waals surface area contributed by atoms with Crippen LogP contribution in [0.2, 0.25) is 0 Å². The molecule has 0 bridgehead atoms. The number of carbonyl (C=O) groups excluding carboxylic acids is 2. The van der Waals surface area contributed by atoms with Crippen molar-refractivity contribution in [2.75, 3.05) is 11.9 Å². The van der Waals surface area contributed by atoms with Gasteiger partial charge in [0.05, 0.1) is 12.3 Å². The Morgan fingerprint density at radius 3 is 2.68 bits per heavy atom. The van der Waals surface area contributed by atoms with Gasteiger partial charge in [-0.3, -0.25) is 4.79 Å². The molecule has 4 N–H and O–H groups in total. The van der Waals surface area contributed by atoms with Gasteiger partial charge in [-0.1, -0.05) is 19.1 Å². The molecule has 0 spiro atoms. The van der Waals surface area contributed by atoms with Gasteiger partial charge in [0.25, 0.3) is 0 Å². The smallest absolute Gasteiger partial charge is 0.312 e. The molecule has 3 amide bonds. The molecule has 0 saturated carbocycles. The molecule has 6 heteroatoms. The van der Waals surface area contributed by atoms with Crippen LogP contribution < -0.4 is 21.1 Å². The molecule has 1 aromatic carbocycles. The van der Waals surface area contributed by atoms with E-state index in [1.807, 2.05) is 13.0 Å². The van der Waals surface area contributed by atoms with Crippen LogP contribution in [0, 0.1) is 0 Å². The summed E-state index contributed by atoms with van der Waals surface area (Å²) in [4.78, 5) is 22.5. The van der Waals surface area contributed by atoms with Gasteiger partial charge in [0.1, 0.15) is 11.8 Å². The van der Waals surface area contributed by atoms with E-state index >= 15 is 0 Å². The van der Waals surface area contributed by atoms with Crippen molar-refractivity contribution >= 4 is 17.6 Å². The number of rotatable bonds is 6. The van der Waals surface area contributed by atoms with Gasteiger partial charge >= 0.3 is 6.03 Å². The fraction of sp³-hybridized carbons (Fsp3) is 0.385. The number of carbonyl (C=O) groups is 2. The van der Waals surface area contributed by atoms with Gasteiger partial charge in [-0.15, -0.1) is 0 Å². The second kappa shape index (κ2) is 7.25. The summed E-state index contributed by atoms with van der Waals surface area (Å²) in [6.45, 7) is 4.12. The summed E-state index contributed by atoms with van der Waals surface area (Å²) in [6, 6.07) is 5.68. The zero-order chi connectivity index (χ0) is 14.3. The zero-order valence-corrected chi connectivity index (χ0v) is 11.1. The first-order valence-electron chi connectivity index (χ1n) is 6.13. The second-order valence-corrected chi connectivity index (χ2v) is 4.06. The van der Waals surface area contributed by atoms with Crippen LogP contribution >= 0.6 is 0 Å². The van der Waals surface area contributed by atoms with Crippen LogP contribution in [0.1, 0.15) is 20.3 Å². The molecule has 0 radical (unpaired) electrons. The highest BCUT2D eigenvalue weighted by molar-refractivity contribution is 5.97. The number of hydrogen-bond donors (Lipinski definition) is 3. The molecule has 1 aromatic rings. The largest absolute Gasteiger partial charge is 0.491 e. The maximum absolute atomic E-state index is 11.8. The molecule has 1 atom stereocenters. The Morgan fingerprint density at radius 2 is 2.05 bits per heavy atom. The quantitative estimate of drug-likeness (QED) is 0.727. The summed E-state index contributed by atoms with van der Waals surface area (Å²) in [5, 5.41) is 5.00. The predicted octanol–water partition coefficient (Wildman–Crippen LogP) is 1.47. The standard InChI is InChI=1S/C13H19N3O3/c1-3-8-19-11-7-5-4-6-10(11)16-12(17)9(2)15-13(14)18/h4-7,9H,3,8H2,1-2H3,(H,16,17)(H3,14,15,18). The minimum absolute atomic E-state index is 0.355. The number of nitrogens with two attached hydrogens (primary N) is 1. The van der Waals surface area contributed by atoms with Gasteiger partial charge in [0.15, 0.2) is 0 Å². The minimum Gasteiger partial charge on any atom is -0.491 e. The van der Waals surface area contributed by atoms with Crippen LogP contribution in [0.15, 0.2) is 24.3 Å². The van der Waals surface area contributed by atoms with E-state index in [0.717, 1.165) is 6.42 Å². The number of benzene rings is 1. The number of ether oxygens (including phenoxy) is 1. The number of primary amides is 1. The number of amides is 3. The van der Waals surface area contributed by atoms with Crippen LogP contribution in [0.4, 0.5) is 10.5 Å². The molecular formula is C13H19N3O3. The monoisotopic (exact) mass is 265 g/mol. The summed E-state index contributed by atoms with van der Waals surface area (Å²) < 4.78 is 5.52. The normalized spacial score (nSPS) is 11.5. The summed E-state index contributed by atoms with van der Waals surface area (Å²) in [5.41, 5.74) is 5.53. The third-order valence-corrected chi connectivity index (χ3v) is 2.36. The molecule has 0 aliphatic carbocycles. The van der Waals surface area contributed by atoms with E-state index in [9.17, 15) is 9.59 Å². The number of hydrogen-bond acceptors (Lipinski definition) is 3. The number of urea groups is 1. The molecule has 1 rings (SSSR count). The highest BCUT2D eigenvalue weighted by Gasteiger charge is 2.15. The lowest BCUT2D eigenvalue weighted by Gasteiger charge is -2.15. The van der Waals surface area contributed by atoms with Crippen LogP contribution in [0.25, 0.3) is 0 Å². The maximum atomic E-state index is 11.8. The Hall–Kier alpha value is -2.24. The molecule has 1 unspecified atom stereocenters. The average molecular weight is 265 g/mol. The number of nitrogens with one attached hydrogen (secondary N) is 2. The first-order chi connectivity index (χ1) is 9.04. The highest BCUT2D eigenvalue weighted by atomic mass is 16.5. The molecular weight excluding hydrogens is 246 g/mol. The Bertz CT molecular complexity index is 449. The number of anilines is 1. The lowest BCUT2D eigenvalue weighted by molar-refractivity contribution is -0.117.